The van der Waals surface area contributed by atoms with Crippen molar-refractivity contribution in [3.63, 3.8) is 0 Å². The van der Waals surface area contributed by atoms with Gasteiger partial charge in [-0.3, -0.25) is 4.79 Å². The number of benzene rings is 1. The van der Waals surface area contributed by atoms with Gasteiger partial charge in [-0.2, -0.15) is 0 Å². The van der Waals surface area contributed by atoms with E-state index in [0.717, 1.165) is 12.8 Å². The van der Waals surface area contributed by atoms with Gasteiger partial charge in [0.05, 0.1) is 0 Å². The topological polar surface area (TPSA) is 29.1 Å². The molecule has 0 aliphatic heterocycles. The summed E-state index contributed by atoms with van der Waals surface area (Å²) >= 11 is 5.51. The van der Waals surface area contributed by atoms with E-state index in [4.69, 9.17) is 11.6 Å². The Kier molecular flexibility index (Phi) is 5.26. The van der Waals surface area contributed by atoms with Crippen LogP contribution in [0.1, 0.15) is 24.8 Å². The number of carbonyl (C=O) groups is 1. The summed E-state index contributed by atoms with van der Waals surface area (Å²) in [5, 5.41) is 2.69. The second-order valence-electron chi connectivity index (χ2n) is 3.61. The Labute approximate surface area is 99.8 Å². The minimum absolute atomic E-state index is 0.0983. The third-order valence-electron chi connectivity index (χ3n) is 2.33. The fourth-order valence-electron chi connectivity index (χ4n) is 1.34. The molecule has 0 aliphatic rings. The zero-order valence-electron chi connectivity index (χ0n) is 9.22. The summed E-state index contributed by atoms with van der Waals surface area (Å²) in [5.41, 5.74) is 1.00. The molecule has 88 valence electrons. The number of amides is 1. The molecule has 0 heterocycles. The van der Waals surface area contributed by atoms with E-state index in [9.17, 15) is 9.18 Å². The first-order valence-electron chi connectivity index (χ1n) is 5.26. The molecule has 0 aromatic heterocycles. The first-order valence-corrected chi connectivity index (χ1v) is 5.79. The third-order valence-corrected chi connectivity index (χ3v) is 2.60. The molecule has 1 aromatic rings. The summed E-state index contributed by atoms with van der Waals surface area (Å²) < 4.78 is 13.2. The van der Waals surface area contributed by atoms with Crippen LogP contribution in [-0.2, 0) is 4.79 Å². The molecule has 0 bridgehead atoms. The lowest BCUT2D eigenvalue weighted by Gasteiger charge is -2.08. The average molecular weight is 244 g/mol. The van der Waals surface area contributed by atoms with Gasteiger partial charge in [-0.15, -0.1) is 11.6 Å². The van der Waals surface area contributed by atoms with Crippen molar-refractivity contribution < 1.29 is 9.18 Å². The van der Waals surface area contributed by atoms with E-state index in [-0.39, 0.29) is 11.7 Å². The van der Waals surface area contributed by atoms with E-state index in [2.05, 4.69) is 5.32 Å². The minimum Gasteiger partial charge on any atom is -0.326 e. The van der Waals surface area contributed by atoms with Crippen LogP contribution >= 0.6 is 11.6 Å². The van der Waals surface area contributed by atoms with Crippen LogP contribution < -0.4 is 5.32 Å². The SMILES string of the molecule is Cc1c(F)cccc1NC(=O)CCCCCl. The van der Waals surface area contributed by atoms with Crippen molar-refractivity contribution in [1.29, 1.82) is 0 Å². The standard InChI is InChI=1S/C12H15ClFNO/c1-9-10(14)5-4-6-11(9)15-12(16)7-2-3-8-13/h4-6H,2-3,7-8H2,1H3,(H,15,16). The predicted molar refractivity (Wildman–Crippen MR) is 64.3 cm³/mol. The predicted octanol–water partition coefficient (Wildman–Crippen LogP) is 3.48. The van der Waals surface area contributed by atoms with E-state index in [1.807, 2.05) is 0 Å². The highest BCUT2D eigenvalue weighted by Gasteiger charge is 2.06. The zero-order valence-corrected chi connectivity index (χ0v) is 9.98. The number of nitrogens with one attached hydrogen (secondary N) is 1. The highest BCUT2D eigenvalue weighted by molar-refractivity contribution is 6.17. The van der Waals surface area contributed by atoms with Crippen LogP contribution in [0.4, 0.5) is 10.1 Å². The smallest absolute Gasteiger partial charge is 0.224 e. The van der Waals surface area contributed by atoms with Gasteiger partial charge in [-0.05, 0) is 31.9 Å². The summed E-state index contributed by atoms with van der Waals surface area (Å²) in [6, 6.07) is 4.65. The number of hydrogen-bond donors (Lipinski definition) is 1. The van der Waals surface area contributed by atoms with Crippen LogP contribution in [0.2, 0.25) is 0 Å². The summed E-state index contributed by atoms with van der Waals surface area (Å²) in [4.78, 5) is 11.5. The highest BCUT2D eigenvalue weighted by Crippen LogP contribution is 2.17. The summed E-state index contributed by atoms with van der Waals surface area (Å²) in [6.45, 7) is 1.64. The number of unbranched alkanes of at least 4 members (excludes halogenated alkanes) is 1. The van der Waals surface area contributed by atoms with Gasteiger partial charge in [0, 0.05) is 23.6 Å². The Bertz CT molecular complexity index is 368. The first kappa shape index (κ1) is 13.0. The van der Waals surface area contributed by atoms with Crippen molar-refractivity contribution in [1.82, 2.24) is 0 Å². The maximum absolute atomic E-state index is 13.2. The monoisotopic (exact) mass is 243 g/mol. The quantitative estimate of drug-likeness (QED) is 0.623. The average Bonchev–Trinajstić information content (AvgIpc) is 2.25. The largest absolute Gasteiger partial charge is 0.326 e. The van der Waals surface area contributed by atoms with Crippen molar-refractivity contribution in [2.45, 2.75) is 26.2 Å². The van der Waals surface area contributed by atoms with Gasteiger partial charge < -0.3 is 5.32 Å². The molecule has 0 radical (unpaired) electrons. The second-order valence-corrected chi connectivity index (χ2v) is 3.98. The Morgan fingerprint density at radius 1 is 1.44 bits per heavy atom. The van der Waals surface area contributed by atoms with Gasteiger partial charge in [0.2, 0.25) is 5.91 Å². The molecule has 0 aliphatic carbocycles. The number of halogens is 2. The molecule has 0 spiro atoms. The molecule has 0 saturated heterocycles. The fourth-order valence-corrected chi connectivity index (χ4v) is 1.52. The number of alkyl halides is 1. The van der Waals surface area contributed by atoms with Crippen LogP contribution in [-0.4, -0.2) is 11.8 Å². The molecular weight excluding hydrogens is 229 g/mol. The Hall–Kier alpha value is -1.09. The summed E-state index contributed by atoms with van der Waals surface area (Å²) in [5.74, 6) is 0.157. The Morgan fingerprint density at radius 2 is 2.19 bits per heavy atom. The number of hydrogen-bond acceptors (Lipinski definition) is 1. The lowest BCUT2D eigenvalue weighted by molar-refractivity contribution is -0.116. The molecule has 2 nitrogen and oxygen atoms in total. The van der Waals surface area contributed by atoms with Crippen molar-refractivity contribution in [2.24, 2.45) is 0 Å². The molecule has 0 unspecified atom stereocenters. The van der Waals surface area contributed by atoms with Gasteiger partial charge in [-0.1, -0.05) is 6.07 Å². The number of rotatable bonds is 5. The minimum atomic E-state index is -0.307. The van der Waals surface area contributed by atoms with E-state index in [1.165, 1.54) is 6.07 Å². The fraction of sp³-hybridized carbons (Fsp3) is 0.417. The highest BCUT2D eigenvalue weighted by atomic mass is 35.5. The summed E-state index contributed by atoms with van der Waals surface area (Å²) in [7, 11) is 0. The van der Waals surface area contributed by atoms with Gasteiger partial charge >= 0.3 is 0 Å². The summed E-state index contributed by atoms with van der Waals surface area (Å²) in [6.07, 6.45) is 1.99. The second kappa shape index (κ2) is 6.48. The molecule has 0 atom stereocenters. The third kappa shape index (κ3) is 3.81. The molecule has 1 amide bonds. The maximum atomic E-state index is 13.2. The Morgan fingerprint density at radius 3 is 2.88 bits per heavy atom. The number of carbonyl (C=O) groups excluding carboxylic acids is 1. The van der Waals surface area contributed by atoms with Crippen molar-refractivity contribution in [3.8, 4) is 0 Å². The van der Waals surface area contributed by atoms with Crippen LogP contribution in [0.25, 0.3) is 0 Å². The van der Waals surface area contributed by atoms with Crippen molar-refractivity contribution in [3.05, 3.63) is 29.6 Å². The van der Waals surface area contributed by atoms with Crippen LogP contribution in [0.3, 0.4) is 0 Å². The molecular formula is C12H15ClFNO. The maximum Gasteiger partial charge on any atom is 0.224 e. The molecule has 1 rings (SSSR count). The van der Waals surface area contributed by atoms with E-state index >= 15 is 0 Å². The number of anilines is 1. The Balaban J connectivity index is 2.53. The van der Waals surface area contributed by atoms with Gasteiger partial charge in [0.1, 0.15) is 5.82 Å². The first-order chi connectivity index (χ1) is 7.65. The van der Waals surface area contributed by atoms with Crippen molar-refractivity contribution in [2.75, 3.05) is 11.2 Å². The van der Waals surface area contributed by atoms with Crippen molar-refractivity contribution >= 4 is 23.2 Å². The van der Waals surface area contributed by atoms with Gasteiger partial charge in [-0.25, -0.2) is 4.39 Å². The molecule has 16 heavy (non-hydrogen) atoms. The molecule has 1 aromatic carbocycles. The van der Waals surface area contributed by atoms with Gasteiger partial charge in [0.15, 0.2) is 0 Å². The molecule has 0 saturated carbocycles. The van der Waals surface area contributed by atoms with Crippen LogP contribution in [0.5, 0.6) is 0 Å². The van der Waals surface area contributed by atoms with Gasteiger partial charge in [0.25, 0.3) is 0 Å². The molecule has 1 N–H and O–H groups in total. The molecule has 0 fully saturated rings. The van der Waals surface area contributed by atoms with Crippen LogP contribution in [0, 0.1) is 12.7 Å². The lowest BCUT2D eigenvalue weighted by atomic mass is 10.1. The van der Waals surface area contributed by atoms with E-state index in [0.29, 0.717) is 23.6 Å². The zero-order chi connectivity index (χ0) is 12.0. The van der Waals surface area contributed by atoms with E-state index in [1.54, 1.807) is 19.1 Å². The molecule has 4 heteroatoms. The van der Waals surface area contributed by atoms with E-state index < -0.39 is 0 Å². The lowest BCUT2D eigenvalue weighted by Crippen LogP contribution is -2.12. The normalized spacial score (nSPS) is 10.2. The van der Waals surface area contributed by atoms with Crippen LogP contribution in [0.15, 0.2) is 18.2 Å².